The summed E-state index contributed by atoms with van der Waals surface area (Å²) in [5.41, 5.74) is 6.95. The molecule has 0 spiro atoms. The van der Waals surface area contributed by atoms with Gasteiger partial charge in [-0.3, -0.25) is 4.98 Å². The summed E-state index contributed by atoms with van der Waals surface area (Å²) in [5.74, 6) is 0.803. The second-order valence-electron chi connectivity index (χ2n) is 4.22. The molecule has 1 aromatic heterocycles. The average Bonchev–Trinajstić information content (AvgIpc) is 2.14. The fraction of sp³-hybridized carbons (Fsp3) is 0.545. The number of pyridine rings is 1. The lowest BCUT2D eigenvalue weighted by Gasteiger charge is -2.17. The molecule has 0 saturated carbocycles. The second kappa shape index (κ2) is 4.42. The van der Waals surface area contributed by atoms with Crippen molar-refractivity contribution in [3.8, 4) is 5.75 Å². The van der Waals surface area contributed by atoms with Crippen molar-refractivity contribution in [3.63, 3.8) is 0 Å². The van der Waals surface area contributed by atoms with Crippen molar-refractivity contribution < 1.29 is 4.74 Å². The molecule has 1 aromatic rings. The normalized spacial score (nSPS) is 11.4. The molecule has 3 heteroatoms. The number of aryl methyl sites for hydroxylation is 1. The molecule has 0 saturated heterocycles. The molecule has 3 nitrogen and oxygen atoms in total. The number of aromatic nitrogens is 1. The highest BCUT2D eigenvalue weighted by atomic mass is 16.5. The predicted molar refractivity (Wildman–Crippen MR) is 57.4 cm³/mol. The molecule has 0 unspecified atom stereocenters. The fourth-order valence-corrected chi connectivity index (χ4v) is 1.18. The Morgan fingerprint density at radius 2 is 2.14 bits per heavy atom. The monoisotopic (exact) mass is 194 g/mol. The summed E-state index contributed by atoms with van der Waals surface area (Å²) in [6, 6.07) is 2.00. The number of hydrogen-bond acceptors (Lipinski definition) is 3. The smallest absolute Gasteiger partial charge is 0.137 e. The van der Waals surface area contributed by atoms with Crippen LogP contribution in [0.2, 0.25) is 0 Å². The molecule has 78 valence electrons. The third kappa shape index (κ3) is 3.75. The van der Waals surface area contributed by atoms with Crippen LogP contribution >= 0.6 is 0 Å². The molecule has 0 aromatic carbocycles. The van der Waals surface area contributed by atoms with Crippen molar-refractivity contribution in [3.05, 3.63) is 24.0 Å². The Hall–Kier alpha value is -1.09. The Bertz CT molecular complexity index is 292. The van der Waals surface area contributed by atoms with Crippen LogP contribution in [0.15, 0.2) is 18.5 Å². The topological polar surface area (TPSA) is 48.1 Å². The first kappa shape index (κ1) is 11.0. The molecule has 0 radical (unpaired) electrons. The number of methoxy groups -OCH3 is 1. The predicted octanol–water partition coefficient (Wildman–Crippen LogP) is 1.76. The maximum absolute atomic E-state index is 5.90. The van der Waals surface area contributed by atoms with Gasteiger partial charge in [0, 0.05) is 11.7 Å². The molecule has 1 heterocycles. The highest BCUT2D eigenvalue weighted by Gasteiger charge is 2.10. The van der Waals surface area contributed by atoms with Gasteiger partial charge >= 0.3 is 0 Å². The Morgan fingerprint density at radius 3 is 2.71 bits per heavy atom. The van der Waals surface area contributed by atoms with E-state index < -0.39 is 0 Å². The van der Waals surface area contributed by atoms with Crippen LogP contribution in [0, 0.1) is 0 Å². The van der Waals surface area contributed by atoms with E-state index in [0.717, 1.165) is 18.6 Å². The summed E-state index contributed by atoms with van der Waals surface area (Å²) < 4.78 is 5.09. The van der Waals surface area contributed by atoms with Gasteiger partial charge < -0.3 is 10.5 Å². The number of rotatable bonds is 4. The summed E-state index contributed by atoms with van der Waals surface area (Å²) in [6.07, 6.45) is 5.45. The van der Waals surface area contributed by atoms with E-state index in [4.69, 9.17) is 10.5 Å². The molecule has 14 heavy (non-hydrogen) atoms. The zero-order chi connectivity index (χ0) is 10.6. The number of nitrogens with zero attached hydrogens (tertiary/aromatic N) is 1. The molecule has 0 aliphatic rings. The van der Waals surface area contributed by atoms with E-state index >= 15 is 0 Å². The molecule has 1 rings (SSSR count). The van der Waals surface area contributed by atoms with Gasteiger partial charge in [-0.15, -0.1) is 0 Å². The molecule has 0 fully saturated rings. The third-order valence-corrected chi connectivity index (χ3v) is 2.06. The summed E-state index contributed by atoms with van der Waals surface area (Å²) in [5, 5.41) is 0. The van der Waals surface area contributed by atoms with Gasteiger partial charge in [0.25, 0.3) is 0 Å². The number of ether oxygens (including phenoxy) is 1. The van der Waals surface area contributed by atoms with Crippen molar-refractivity contribution in [1.82, 2.24) is 4.98 Å². The second-order valence-corrected chi connectivity index (χ2v) is 4.22. The standard InChI is InChI=1S/C11H18N2O/c1-11(2,12)5-4-9-6-10(14-3)8-13-7-9/h6-8H,4-5,12H2,1-3H3. The van der Waals surface area contributed by atoms with Gasteiger partial charge in [0.15, 0.2) is 0 Å². The molecule has 0 atom stereocenters. The zero-order valence-corrected chi connectivity index (χ0v) is 9.08. The van der Waals surface area contributed by atoms with Crippen LogP contribution in [-0.4, -0.2) is 17.6 Å². The summed E-state index contributed by atoms with van der Waals surface area (Å²) in [6.45, 7) is 4.06. The van der Waals surface area contributed by atoms with Gasteiger partial charge in [0.1, 0.15) is 5.75 Å². The largest absolute Gasteiger partial charge is 0.495 e. The van der Waals surface area contributed by atoms with Crippen molar-refractivity contribution in [2.45, 2.75) is 32.2 Å². The van der Waals surface area contributed by atoms with E-state index in [1.165, 1.54) is 5.56 Å². The van der Waals surface area contributed by atoms with Crippen LogP contribution in [0.3, 0.4) is 0 Å². The minimum Gasteiger partial charge on any atom is -0.495 e. The molecule has 0 bridgehead atoms. The van der Waals surface area contributed by atoms with E-state index in [1.807, 2.05) is 26.1 Å². The quantitative estimate of drug-likeness (QED) is 0.794. The van der Waals surface area contributed by atoms with Crippen LogP contribution in [0.5, 0.6) is 5.75 Å². The summed E-state index contributed by atoms with van der Waals surface area (Å²) >= 11 is 0. The van der Waals surface area contributed by atoms with Crippen LogP contribution in [0.25, 0.3) is 0 Å². The summed E-state index contributed by atoms with van der Waals surface area (Å²) in [4.78, 5) is 4.09. The highest BCUT2D eigenvalue weighted by molar-refractivity contribution is 5.23. The molecule has 0 aliphatic heterocycles. The number of hydrogen-bond donors (Lipinski definition) is 1. The molecule has 0 amide bonds. The minimum absolute atomic E-state index is 0.122. The Labute approximate surface area is 85.3 Å². The average molecular weight is 194 g/mol. The molecular formula is C11H18N2O. The maximum Gasteiger partial charge on any atom is 0.137 e. The maximum atomic E-state index is 5.90. The Balaban J connectivity index is 2.59. The van der Waals surface area contributed by atoms with Crippen LogP contribution in [0.4, 0.5) is 0 Å². The third-order valence-electron chi connectivity index (χ3n) is 2.06. The summed E-state index contributed by atoms with van der Waals surface area (Å²) in [7, 11) is 1.65. The van der Waals surface area contributed by atoms with Gasteiger partial charge in [-0.05, 0) is 38.3 Å². The number of nitrogens with two attached hydrogens (primary N) is 1. The lowest BCUT2D eigenvalue weighted by molar-refractivity contribution is 0.411. The zero-order valence-electron chi connectivity index (χ0n) is 9.08. The van der Waals surface area contributed by atoms with Crippen molar-refractivity contribution in [2.24, 2.45) is 5.73 Å². The van der Waals surface area contributed by atoms with Gasteiger partial charge in [-0.1, -0.05) is 0 Å². The van der Waals surface area contributed by atoms with Crippen LogP contribution in [0.1, 0.15) is 25.8 Å². The highest BCUT2D eigenvalue weighted by Crippen LogP contribution is 2.14. The van der Waals surface area contributed by atoms with E-state index in [2.05, 4.69) is 4.98 Å². The van der Waals surface area contributed by atoms with Crippen molar-refractivity contribution in [1.29, 1.82) is 0 Å². The lowest BCUT2D eigenvalue weighted by atomic mass is 9.97. The fourth-order valence-electron chi connectivity index (χ4n) is 1.18. The van der Waals surface area contributed by atoms with Gasteiger partial charge in [0.2, 0.25) is 0 Å². The van der Waals surface area contributed by atoms with Crippen LogP contribution < -0.4 is 10.5 Å². The van der Waals surface area contributed by atoms with E-state index in [1.54, 1.807) is 13.3 Å². The van der Waals surface area contributed by atoms with E-state index in [9.17, 15) is 0 Å². The minimum atomic E-state index is -0.122. The first-order valence-corrected chi connectivity index (χ1v) is 4.78. The lowest BCUT2D eigenvalue weighted by Crippen LogP contribution is -2.32. The molecule has 0 aliphatic carbocycles. The van der Waals surface area contributed by atoms with Crippen LogP contribution in [-0.2, 0) is 6.42 Å². The van der Waals surface area contributed by atoms with E-state index in [-0.39, 0.29) is 5.54 Å². The van der Waals surface area contributed by atoms with Crippen molar-refractivity contribution >= 4 is 0 Å². The Kier molecular flexibility index (Phi) is 3.47. The van der Waals surface area contributed by atoms with E-state index in [0.29, 0.717) is 0 Å². The van der Waals surface area contributed by atoms with Gasteiger partial charge in [-0.2, -0.15) is 0 Å². The SMILES string of the molecule is COc1cncc(CCC(C)(C)N)c1. The molecule has 2 N–H and O–H groups in total. The van der Waals surface area contributed by atoms with Crippen molar-refractivity contribution in [2.75, 3.05) is 7.11 Å². The first-order valence-electron chi connectivity index (χ1n) is 4.78. The Morgan fingerprint density at radius 1 is 1.43 bits per heavy atom. The van der Waals surface area contributed by atoms with Gasteiger partial charge in [0.05, 0.1) is 13.3 Å². The van der Waals surface area contributed by atoms with Gasteiger partial charge in [-0.25, -0.2) is 0 Å². The first-order chi connectivity index (χ1) is 6.51. The molecular weight excluding hydrogens is 176 g/mol.